The minimum Gasteiger partial charge on any atom is -0.460 e. The van der Waals surface area contributed by atoms with E-state index in [0.717, 1.165) is 59.1 Å². The molecule has 2 fully saturated rings. The largest absolute Gasteiger partial charge is 0.460 e. The lowest BCUT2D eigenvalue weighted by Crippen LogP contribution is -2.35. The van der Waals surface area contributed by atoms with Crippen molar-refractivity contribution < 1.29 is 4.42 Å². The first kappa shape index (κ1) is 19.9. The average Bonchev–Trinajstić information content (AvgIpc) is 3.39. The van der Waals surface area contributed by atoms with Crippen molar-refractivity contribution in [1.82, 2.24) is 9.88 Å². The Labute approximate surface area is 188 Å². The molecule has 6 rings (SSSR count). The van der Waals surface area contributed by atoms with Gasteiger partial charge in [-0.2, -0.15) is 4.91 Å². The standard InChI is InChI=1S/C27H29N3O2/c31-29-25-8-6-20-14-21(5-7-23(20)25)24-15-26(32-27(24)19-9-11-28-12-10-19)22-2-1-13-30(17-22)16-18-3-4-18/h5,7,9-12,14-15,18,22,25H,1-4,6,8,13,16-17H2. The van der Waals surface area contributed by atoms with E-state index in [0.29, 0.717) is 5.92 Å². The van der Waals surface area contributed by atoms with Crippen LogP contribution in [0.3, 0.4) is 0 Å². The van der Waals surface area contributed by atoms with Crippen molar-refractivity contribution in [3.63, 3.8) is 0 Å². The molecule has 3 aromatic rings. The maximum Gasteiger partial charge on any atom is 0.142 e. The van der Waals surface area contributed by atoms with Gasteiger partial charge in [0, 0.05) is 42.5 Å². The van der Waals surface area contributed by atoms with Crippen LogP contribution in [0.4, 0.5) is 0 Å². The van der Waals surface area contributed by atoms with Crippen molar-refractivity contribution in [3.8, 4) is 22.5 Å². The van der Waals surface area contributed by atoms with Gasteiger partial charge in [0.15, 0.2) is 0 Å². The van der Waals surface area contributed by atoms with E-state index in [1.807, 2.05) is 24.5 Å². The molecule has 2 atom stereocenters. The number of furan rings is 1. The average molecular weight is 428 g/mol. The second kappa shape index (κ2) is 8.28. The summed E-state index contributed by atoms with van der Waals surface area (Å²) in [4.78, 5) is 18.0. The Kier molecular flexibility index (Phi) is 5.14. The molecule has 0 spiro atoms. The Morgan fingerprint density at radius 1 is 1.03 bits per heavy atom. The fourth-order valence-electron chi connectivity index (χ4n) is 5.53. The zero-order chi connectivity index (χ0) is 21.5. The molecule has 1 aliphatic heterocycles. The molecule has 164 valence electrons. The Morgan fingerprint density at radius 3 is 2.72 bits per heavy atom. The molecule has 1 saturated heterocycles. The summed E-state index contributed by atoms with van der Waals surface area (Å²) in [6, 6.07) is 12.6. The van der Waals surface area contributed by atoms with Crippen LogP contribution in [0.25, 0.3) is 22.5 Å². The second-order valence-corrected chi connectivity index (χ2v) is 9.74. The van der Waals surface area contributed by atoms with E-state index in [4.69, 9.17) is 4.42 Å². The molecule has 0 amide bonds. The molecule has 0 radical (unpaired) electrons. The number of nitrogens with zero attached hydrogens (tertiary/aromatic N) is 3. The molecule has 1 saturated carbocycles. The molecular formula is C27H29N3O2. The van der Waals surface area contributed by atoms with E-state index >= 15 is 0 Å². The number of hydrogen-bond donors (Lipinski definition) is 0. The van der Waals surface area contributed by atoms with E-state index in [1.165, 1.54) is 44.3 Å². The predicted molar refractivity (Wildman–Crippen MR) is 125 cm³/mol. The van der Waals surface area contributed by atoms with Crippen LogP contribution < -0.4 is 0 Å². The second-order valence-electron chi connectivity index (χ2n) is 9.74. The van der Waals surface area contributed by atoms with Crippen LogP contribution in [0.1, 0.15) is 61.0 Å². The van der Waals surface area contributed by atoms with Gasteiger partial charge in [0.25, 0.3) is 0 Å². The summed E-state index contributed by atoms with van der Waals surface area (Å²) < 4.78 is 6.60. The fourth-order valence-corrected chi connectivity index (χ4v) is 5.53. The lowest BCUT2D eigenvalue weighted by Gasteiger charge is -2.31. The number of aryl methyl sites for hydroxylation is 1. The van der Waals surface area contributed by atoms with Crippen molar-refractivity contribution in [1.29, 1.82) is 0 Å². The number of rotatable bonds is 6. The molecule has 3 heterocycles. The minimum absolute atomic E-state index is 0.196. The van der Waals surface area contributed by atoms with Crippen LogP contribution in [-0.4, -0.2) is 29.5 Å². The van der Waals surface area contributed by atoms with E-state index in [2.05, 4.69) is 39.3 Å². The van der Waals surface area contributed by atoms with Crippen molar-refractivity contribution >= 4 is 0 Å². The Balaban J connectivity index is 1.36. The summed E-state index contributed by atoms with van der Waals surface area (Å²) in [7, 11) is 0. The van der Waals surface area contributed by atoms with E-state index in [-0.39, 0.29) is 6.04 Å². The van der Waals surface area contributed by atoms with Gasteiger partial charge >= 0.3 is 0 Å². The number of aromatic nitrogens is 1. The Bertz CT molecular complexity index is 1120. The van der Waals surface area contributed by atoms with Crippen molar-refractivity contribution in [2.75, 3.05) is 19.6 Å². The summed E-state index contributed by atoms with van der Waals surface area (Å²) in [5.41, 5.74) is 5.67. The first-order chi connectivity index (χ1) is 15.8. The lowest BCUT2D eigenvalue weighted by atomic mass is 9.93. The van der Waals surface area contributed by atoms with Gasteiger partial charge < -0.3 is 9.32 Å². The lowest BCUT2D eigenvalue weighted by molar-refractivity contribution is 0.190. The number of benzene rings is 1. The van der Waals surface area contributed by atoms with E-state index in [1.54, 1.807) is 0 Å². The highest BCUT2D eigenvalue weighted by atomic mass is 16.3. The highest BCUT2D eigenvalue weighted by molar-refractivity contribution is 5.81. The summed E-state index contributed by atoms with van der Waals surface area (Å²) >= 11 is 0. The van der Waals surface area contributed by atoms with Gasteiger partial charge in [0.2, 0.25) is 0 Å². The van der Waals surface area contributed by atoms with Crippen molar-refractivity contribution in [2.24, 2.45) is 11.1 Å². The first-order valence-corrected chi connectivity index (χ1v) is 12.0. The molecule has 0 bridgehead atoms. The van der Waals surface area contributed by atoms with E-state index in [9.17, 15) is 4.91 Å². The normalized spacial score (nSPS) is 23.2. The van der Waals surface area contributed by atoms with Gasteiger partial charge in [0.1, 0.15) is 17.6 Å². The summed E-state index contributed by atoms with van der Waals surface area (Å²) in [5, 5.41) is 3.31. The SMILES string of the molecule is O=NC1CCc2cc(-c3cc(C4CCCN(CC5CC5)C4)oc3-c3ccncc3)ccc21. The van der Waals surface area contributed by atoms with Gasteiger partial charge in [-0.15, -0.1) is 0 Å². The number of pyridine rings is 1. The summed E-state index contributed by atoms with van der Waals surface area (Å²) in [5.74, 6) is 3.38. The molecular weight excluding hydrogens is 398 g/mol. The first-order valence-electron chi connectivity index (χ1n) is 12.0. The fraction of sp³-hybridized carbons (Fsp3) is 0.444. The van der Waals surface area contributed by atoms with Gasteiger partial charge in [-0.1, -0.05) is 23.4 Å². The van der Waals surface area contributed by atoms with Crippen LogP contribution in [0.15, 0.2) is 58.4 Å². The molecule has 32 heavy (non-hydrogen) atoms. The van der Waals surface area contributed by atoms with Crippen LogP contribution in [0, 0.1) is 10.8 Å². The number of hydrogen-bond acceptors (Lipinski definition) is 5. The predicted octanol–water partition coefficient (Wildman–Crippen LogP) is 6.35. The van der Waals surface area contributed by atoms with Crippen molar-refractivity contribution in [2.45, 2.75) is 50.5 Å². The Hall–Kier alpha value is -2.79. The smallest absolute Gasteiger partial charge is 0.142 e. The zero-order valence-corrected chi connectivity index (χ0v) is 18.4. The minimum atomic E-state index is -0.196. The molecule has 2 unspecified atom stereocenters. The van der Waals surface area contributed by atoms with Crippen LogP contribution in [-0.2, 0) is 6.42 Å². The van der Waals surface area contributed by atoms with Crippen LogP contribution in [0.2, 0.25) is 0 Å². The van der Waals surface area contributed by atoms with E-state index < -0.39 is 0 Å². The number of likely N-dealkylation sites (tertiary alicyclic amines) is 1. The summed E-state index contributed by atoms with van der Waals surface area (Å²) in [6.07, 6.45) is 10.6. The molecule has 2 aromatic heterocycles. The third kappa shape index (κ3) is 3.79. The van der Waals surface area contributed by atoms with Gasteiger partial charge in [-0.05, 0) is 85.9 Å². The highest BCUT2D eigenvalue weighted by Gasteiger charge is 2.30. The third-order valence-corrected chi connectivity index (χ3v) is 7.44. The number of piperidine rings is 1. The molecule has 5 heteroatoms. The molecule has 5 nitrogen and oxygen atoms in total. The number of nitroso groups, excluding NO2 is 1. The highest BCUT2D eigenvalue weighted by Crippen LogP contribution is 2.42. The van der Waals surface area contributed by atoms with Crippen LogP contribution >= 0.6 is 0 Å². The quantitative estimate of drug-likeness (QED) is 0.430. The van der Waals surface area contributed by atoms with Gasteiger partial charge in [-0.3, -0.25) is 4.98 Å². The van der Waals surface area contributed by atoms with Gasteiger partial charge in [0.05, 0.1) is 0 Å². The molecule has 1 aromatic carbocycles. The topological polar surface area (TPSA) is 58.7 Å². The van der Waals surface area contributed by atoms with Crippen molar-refractivity contribution in [3.05, 3.63) is 70.6 Å². The summed E-state index contributed by atoms with van der Waals surface area (Å²) in [6.45, 7) is 3.56. The van der Waals surface area contributed by atoms with Gasteiger partial charge in [-0.25, -0.2) is 0 Å². The van der Waals surface area contributed by atoms with Crippen LogP contribution in [0.5, 0.6) is 0 Å². The third-order valence-electron chi connectivity index (χ3n) is 7.44. The maximum absolute atomic E-state index is 11.2. The number of fused-ring (bicyclic) bond motifs is 1. The Morgan fingerprint density at radius 2 is 1.91 bits per heavy atom. The molecule has 2 aliphatic carbocycles. The zero-order valence-electron chi connectivity index (χ0n) is 18.4. The molecule has 0 N–H and O–H groups in total. The molecule has 3 aliphatic rings. The maximum atomic E-state index is 11.2. The monoisotopic (exact) mass is 427 g/mol.